The van der Waals surface area contributed by atoms with E-state index < -0.39 is 0 Å². The SMILES string of the molecule is CCc1ccc(CCC(=O)NCCNCCOC)cc1. The highest BCUT2D eigenvalue weighted by Gasteiger charge is 2.01. The lowest BCUT2D eigenvalue weighted by Gasteiger charge is -2.07. The van der Waals surface area contributed by atoms with Gasteiger partial charge in [0.1, 0.15) is 0 Å². The van der Waals surface area contributed by atoms with Crippen molar-refractivity contribution in [2.24, 2.45) is 0 Å². The van der Waals surface area contributed by atoms with E-state index in [0.29, 0.717) is 19.6 Å². The standard InChI is InChI=1S/C16H26N2O2/c1-3-14-4-6-15(7-5-14)8-9-16(19)18-11-10-17-12-13-20-2/h4-7,17H,3,8-13H2,1-2H3,(H,18,19). The zero-order valence-electron chi connectivity index (χ0n) is 12.6. The Labute approximate surface area is 121 Å². The highest BCUT2D eigenvalue weighted by molar-refractivity contribution is 5.76. The predicted molar refractivity (Wildman–Crippen MR) is 81.9 cm³/mol. The second kappa shape index (κ2) is 10.4. The Balaban J connectivity index is 2.10. The lowest BCUT2D eigenvalue weighted by Crippen LogP contribution is -2.33. The Morgan fingerprint density at radius 1 is 1.10 bits per heavy atom. The molecule has 4 heteroatoms. The van der Waals surface area contributed by atoms with Crippen LogP contribution in [0.15, 0.2) is 24.3 Å². The van der Waals surface area contributed by atoms with Gasteiger partial charge >= 0.3 is 0 Å². The first-order valence-electron chi connectivity index (χ1n) is 7.30. The number of benzene rings is 1. The fourth-order valence-corrected chi connectivity index (χ4v) is 1.88. The number of hydrogen-bond donors (Lipinski definition) is 2. The summed E-state index contributed by atoms with van der Waals surface area (Å²) in [7, 11) is 1.68. The van der Waals surface area contributed by atoms with Crippen LogP contribution < -0.4 is 10.6 Å². The molecular weight excluding hydrogens is 252 g/mol. The average Bonchev–Trinajstić information content (AvgIpc) is 2.49. The molecule has 0 aliphatic rings. The molecule has 1 amide bonds. The number of methoxy groups -OCH3 is 1. The van der Waals surface area contributed by atoms with Crippen LogP contribution in [0, 0.1) is 0 Å². The molecule has 0 atom stereocenters. The van der Waals surface area contributed by atoms with Crippen molar-refractivity contribution in [3.8, 4) is 0 Å². The molecule has 0 spiro atoms. The van der Waals surface area contributed by atoms with E-state index in [2.05, 4.69) is 41.8 Å². The maximum absolute atomic E-state index is 11.7. The van der Waals surface area contributed by atoms with Crippen molar-refractivity contribution in [3.63, 3.8) is 0 Å². The lowest BCUT2D eigenvalue weighted by atomic mass is 10.1. The van der Waals surface area contributed by atoms with E-state index in [-0.39, 0.29) is 5.91 Å². The molecule has 0 bridgehead atoms. The fraction of sp³-hybridized carbons (Fsp3) is 0.562. The van der Waals surface area contributed by atoms with Crippen LogP contribution >= 0.6 is 0 Å². The number of rotatable bonds is 10. The number of carbonyl (C=O) groups is 1. The second-order valence-corrected chi connectivity index (χ2v) is 4.76. The van der Waals surface area contributed by atoms with Gasteiger partial charge in [0.05, 0.1) is 6.61 Å². The van der Waals surface area contributed by atoms with Gasteiger partial charge in [-0.3, -0.25) is 4.79 Å². The van der Waals surface area contributed by atoms with E-state index in [4.69, 9.17) is 4.74 Å². The molecule has 112 valence electrons. The molecule has 20 heavy (non-hydrogen) atoms. The minimum absolute atomic E-state index is 0.109. The predicted octanol–water partition coefficient (Wildman–Crippen LogP) is 1.53. The third kappa shape index (κ3) is 7.26. The summed E-state index contributed by atoms with van der Waals surface area (Å²) in [5.41, 5.74) is 2.55. The normalized spacial score (nSPS) is 10.5. The molecule has 4 nitrogen and oxygen atoms in total. The van der Waals surface area contributed by atoms with Gasteiger partial charge < -0.3 is 15.4 Å². The molecule has 0 heterocycles. The van der Waals surface area contributed by atoms with Crippen molar-refractivity contribution < 1.29 is 9.53 Å². The van der Waals surface area contributed by atoms with Crippen molar-refractivity contribution in [2.75, 3.05) is 33.4 Å². The topological polar surface area (TPSA) is 50.4 Å². The van der Waals surface area contributed by atoms with Crippen LogP contribution in [0.3, 0.4) is 0 Å². The van der Waals surface area contributed by atoms with Gasteiger partial charge in [-0.05, 0) is 24.0 Å². The minimum atomic E-state index is 0.109. The van der Waals surface area contributed by atoms with Crippen molar-refractivity contribution in [1.29, 1.82) is 0 Å². The molecule has 0 aliphatic carbocycles. The van der Waals surface area contributed by atoms with Gasteiger partial charge in [0.25, 0.3) is 0 Å². The smallest absolute Gasteiger partial charge is 0.220 e. The summed E-state index contributed by atoms with van der Waals surface area (Å²) in [5, 5.41) is 6.10. The summed E-state index contributed by atoms with van der Waals surface area (Å²) in [6.07, 6.45) is 2.40. The van der Waals surface area contributed by atoms with E-state index in [1.165, 1.54) is 11.1 Å². The average molecular weight is 278 g/mol. The van der Waals surface area contributed by atoms with Gasteiger partial charge in [-0.15, -0.1) is 0 Å². The van der Waals surface area contributed by atoms with Gasteiger partial charge in [0.15, 0.2) is 0 Å². The molecule has 1 aromatic carbocycles. The van der Waals surface area contributed by atoms with Crippen LogP contribution in [0.1, 0.15) is 24.5 Å². The zero-order valence-corrected chi connectivity index (χ0v) is 12.6. The van der Waals surface area contributed by atoms with Crippen LogP contribution in [-0.4, -0.2) is 39.3 Å². The summed E-state index contributed by atoms with van der Waals surface area (Å²) in [5.74, 6) is 0.109. The van der Waals surface area contributed by atoms with E-state index in [9.17, 15) is 4.79 Å². The molecular formula is C16H26N2O2. The van der Waals surface area contributed by atoms with Gasteiger partial charge in [-0.1, -0.05) is 31.2 Å². The molecule has 0 unspecified atom stereocenters. The number of aryl methyl sites for hydroxylation is 2. The molecule has 0 aromatic heterocycles. The lowest BCUT2D eigenvalue weighted by molar-refractivity contribution is -0.121. The minimum Gasteiger partial charge on any atom is -0.383 e. The summed E-state index contributed by atoms with van der Waals surface area (Å²) < 4.78 is 4.92. The van der Waals surface area contributed by atoms with Crippen molar-refractivity contribution in [1.82, 2.24) is 10.6 Å². The van der Waals surface area contributed by atoms with E-state index in [1.54, 1.807) is 7.11 Å². The molecule has 0 fully saturated rings. The first-order valence-corrected chi connectivity index (χ1v) is 7.30. The Morgan fingerprint density at radius 3 is 2.45 bits per heavy atom. The van der Waals surface area contributed by atoms with Crippen molar-refractivity contribution in [2.45, 2.75) is 26.2 Å². The summed E-state index contributed by atoms with van der Waals surface area (Å²) in [6.45, 7) is 5.10. The quantitative estimate of drug-likeness (QED) is 0.638. The van der Waals surface area contributed by atoms with Crippen LogP contribution in [0.25, 0.3) is 0 Å². The zero-order chi connectivity index (χ0) is 14.6. The summed E-state index contributed by atoms with van der Waals surface area (Å²) in [4.78, 5) is 11.7. The largest absolute Gasteiger partial charge is 0.383 e. The van der Waals surface area contributed by atoms with Gasteiger partial charge in [-0.25, -0.2) is 0 Å². The summed E-state index contributed by atoms with van der Waals surface area (Å²) >= 11 is 0. The monoisotopic (exact) mass is 278 g/mol. The Hall–Kier alpha value is -1.39. The fourth-order valence-electron chi connectivity index (χ4n) is 1.88. The number of carbonyl (C=O) groups excluding carboxylic acids is 1. The Morgan fingerprint density at radius 2 is 1.80 bits per heavy atom. The molecule has 0 aliphatic heterocycles. The Bertz CT molecular complexity index is 377. The van der Waals surface area contributed by atoms with Crippen LogP contribution in [0.4, 0.5) is 0 Å². The number of amides is 1. The van der Waals surface area contributed by atoms with Crippen LogP contribution in [-0.2, 0) is 22.4 Å². The second-order valence-electron chi connectivity index (χ2n) is 4.76. The van der Waals surface area contributed by atoms with Gasteiger partial charge in [0, 0.05) is 33.2 Å². The maximum atomic E-state index is 11.7. The number of hydrogen-bond acceptors (Lipinski definition) is 3. The van der Waals surface area contributed by atoms with Crippen molar-refractivity contribution in [3.05, 3.63) is 35.4 Å². The molecule has 1 rings (SSSR count). The summed E-state index contributed by atoms with van der Waals surface area (Å²) in [6, 6.07) is 8.48. The van der Waals surface area contributed by atoms with Gasteiger partial charge in [0.2, 0.25) is 5.91 Å². The van der Waals surface area contributed by atoms with Gasteiger partial charge in [-0.2, -0.15) is 0 Å². The maximum Gasteiger partial charge on any atom is 0.220 e. The highest BCUT2D eigenvalue weighted by Crippen LogP contribution is 2.07. The highest BCUT2D eigenvalue weighted by atomic mass is 16.5. The number of nitrogens with one attached hydrogen (secondary N) is 2. The third-order valence-electron chi connectivity index (χ3n) is 3.18. The number of ether oxygens (including phenoxy) is 1. The molecule has 0 saturated carbocycles. The van der Waals surface area contributed by atoms with Crippen LogP contribution in [0.2, 0.25) is 0 Å². The molecule has 0 radical (unpaired) electrons. The van der Waals surface area contributed by atoms with E-state index in [0.717, 1.165) is 25.9 Å². The van der Waals surface area contributed by atoms with E-state index in [1.807, 2.05) is 0 Å². The molecule has 2 N–H and O–H groups in total. The van der Waals surface area contributed by atoms with E-state index >= 15 is 0 Å². The molecule has 0 saturated heterocycles. The molecule has 1 aromatic rings. The first kappa shape index (κ1) is 16.7. The Kier molecular flexibility index (Phi) is 8.67. The van der Waals surface area contributed by atoms with Crippen molar-refractivity contribution >= 4 is 5.91 Å². The first-order chi connectivity index (χ1) is 9.76. The van der Waals surface area contributed by atoms with Crippen LogP contribution in [0.5, 0.6) is 0 Å². The third-order valence-corrected chi connectivity index (χ3v) is 3.18.